The summed E-state index contributed by atoms with van der Waals surface area (Å²) in [4.78, 5) is 10.7. The van der Waals surface area contributed by atoms with Crippen molar-refractivity contribution in [2.45, 2.75) is 11.0 Å². The minimum absolute atomic E-state index is 0.336. The summed E-state index contributed by atoms with van der Waals surface area (Å²) < 4.78 is 0. The van der Waals surface area contributed by atoms with Crippen LogP contribution in [0.15, 0.2) is 0 Å². The molecule has 0 radical (unpaired) electrons. The van der Waals surface area contributed by atoms with E-state index in [4.69, 9.17) is 5.11 Å². The number of alkyl halides is 1. The number of halogens is 1. The lowest BCUT2D eigenvalue weighted by Crippen LogP contribution is -2.57. The molecule has 5 heteroatoms. The van der Waals surface area contributed by atoms with Gasteiger partial charge in [0, 0.05) is 17.9 Å². The minimum Gasteiger partial charge on any atom is -0.479 e. The van der Waals surface area contributed by atoms with Gasteiger partial charge in [0.25, 0.3) is 0 Å². The Morgan fingerprint density at radius 3 is 2.40 bits per heavy atom. The van der Waals surface area contributed by atoms with E-state index in [1.165, 1.54) is 0 Å². The van der Waals surface area contributed by atoms with Gasteiger partial charge in [-0.05, 0) is 0 Å². The van der Waals surface area contributed by atoms with E-state index >= 15 is 0 Å². The standard InChI is InChI=1S/C5H9BrN2O2/c6-3-1-7-4(5(9)10)8-2-3/h3-4,7-8H,1-2H2,(H,9,10). The molecule has 0 aromatic heterocycles. The van der Waals surface area contributed by atoms with Crippen LogP contribution >= 0.6 is 15.9 Å². The Bertz CT molecular complexity index is 134. The van der Waals surface area contributed by atoms with Crippen molar-refractivity contribution in [2.75, 3.05) is 13.1 Å². The predicted molar refractivity (Wildman–Crippen MR) is 40.1 cm³/mol. The zero-order valence-corrected chi connectivity index (χ0v) is 6.89. The van der Waals surface area contributed by atoms with Crippen molar-refractivity contribution in [3.05, 3.63) is 0 Å². The van der Waals surface area contributed by atoms with Gasteiger partial charge in [0.05, 0.1) is 0 Å². The molecule has 0 saturated carbocycles. The van der Waals surface area contributed by atoms with Gasteiger partial charge in [0.1, 0.15) is 0 Å². The third-order valence-electron chi connectivity index (χ3n) is 1.33. The van der Waals surface area contributed by atoms with Crippen LogP contribution in [0.4, 0.5) is 0 Å². The molecule has 1 heterocycles. The SMILES string of the molecule is O=C(O)C1NCC(Br)CN1. The summed E-state index contributed by atoms with van der Waals surface area (Å²) in [6.07, 6.45) is -0.575. The predicted octanol–water partition coefficient (Wildman–Crippen LogP) is -0.647. The van der Waals surface area contributed by atoms with Gasteiger partial charge >= 0.3 is 5.97 Å². The van der Waals surface area contributed by atoms with Crippen molar-refractivity contribution in [2.24, 2.45) is 0 Å². The van der Waals surface area contributed by atoms with E-state index in [-0.39, 0.29) is 0 Å². The van der Waals surface area contributed by atoms with E-state index < -0.39 is 12.1 Å². The van der Waals surface area contributed by atoms with Crippen LogP contribution in [0, 0.1) is 0 Å². The van der Waals surface area contributed by atoms with E-state index in [9.17, 15) is 4.79 Å². The molecule has 0 aromatic rings. The van der Waals surface area contributed by atoms with Crippen LogP contribution in [-0.2, 0) is 4.79 Å². The summed E-state index contributed by atoms with van der Waals surface area (Å²) >= 11 is 3.35. The van der Waals surface area contributed by atoms with Gasteiger partial charge in [-0.3, -0.25) is 10.6 Å². The Hall–Kier alpha value is -0.130. The number of carboxylic acid groups (broad SMARTS) is 1. The molecule has 58 valence electrons. The van der Waals surface area contributed by atoms with E-state index in [1.54, 1.807) is 0 Å². The van der Waals surface area contributed by atoms with Gasteiger partial charge in [-0.15, -0.1) is 0 Å². The maximum atomic E-state index is 10.3. The molecular weight excluding hydrogens is 200 g/mol. The van der Waals surface area contributed by atoms with Crippen LogP contribution < -0.4 is 10.6 Å². The number of hydrogen-bond acceptors (Lipinski definition) is 3. The second-order valence-electron chi connectivity index (χ2n) is 2.19. The fourth-order valence-corrected chi connectivity index (χ4v) is 1.18. The molecule has 0 bridgehead atoms. The third kappa shape index (κ3) is 1.93. The molecule has 3 N–H and O–H groups in total. The van der Waals surface area contributed by atoms with Gasteiger partial charge in [0.2, 0.25) is 0 Å². The molecule has 4 nitrogen and oxygen atoms in total. The molecule has 0 amide bonds. The third-order valence-corrected chi connectivity index (χ3v) is 1.98. The maximum absolute atomic E-state index is 10.3. The molecule has 10 heavy (non-hydrogen) atoms. The number of hydrogen-bond donors (Lipinski definition) is 3. The molecule has 1 rings (SSSR count). The summed E-state index contributed by atoms with van der Waals surface area (Å²) in [5.41, 5.74) is 0. The quantitative estimate of drug-likeness (QED) is 0.502. The molecule has 0 aliphatic carbocycles. The normalized spacial score (nSPS) is 33.7. The van der Waals surface area contributed by atoms with Crippen molar-refractivity contribution in [1.82, 2.24) is 10.6 Å². The first-order chi connectivity index (χ1) is 4.70. The topological polar surface area (TPSA) is 61.4 Å². The number of carbonyl (C=O) groups is 1. The average molecular weight is 209 g/mol. The largest absolute Gasteiger partial charge is 0.479 e. The molecule has 1 fully saturated rings. The van der Waals surface area contributed by atoms with Gasteiger partial charge < -0.3 is 5.11 Å². The van der Waals surface area contributed by atoms with Gasteiger partial charge in [-0.1, -0.05) is 15.9 Å². The molecule has 0 spiro atoms. The highest BCUT2D eigenvalue weighted by atomic mass is 79.9. The minimum atomic E-state index is -0.848. The van der Waals surface area contributed by atoms with Crippen molar-refractivity contribution in [3.63, 3.8) is 0 Å². The van der Waals surface area contributed by atoms with E-state index in [2.05, 4.69) is 26.6 Å². The van der Waals surface area contributed by atoms with Crippen LogP contribution in [0.5, 0.6) is 0 Å². The van der Waals surface area contributed by atoms with Crippen molar-refractivity contribution < 1.29 is 9.90 Å². The molecule has 1 aliphatic rings. The van der Waals surface area contributed by atoms with Gasteiger partial charge in [-0.2, -0.15) is 0 Å². The highest BCUT2D eigenvalue weighted by Gasteiger charge is 2.22. The molecule has 1 saturated heterocycles. The Morgan fingerprint density at radius 1 is 1.50 bits per heavy atom. The highest BCUT2D eigenvalue weighted by molar-refractivity contribution is 9.09. The molecule has 0 unspecified atom stereocenters. The Labute approximate surface area is 67.1 Å². The lowest BCUT2D eigenvalue weighted by atomic mass is 10.3. The lowest BCUT2D eigenvalue weighted by Gasteiger charge is -2.24. The van der Waals surface area contributed by atoms with Crippen LogP contribution in [-0.4, -0.2) is 35.2 Å². The van der Waals surface area contributed by atoms with Crippen molar-refractivity contribution in [3.8, 4) is 0 Å². The highest BCUT2D eigenvalue weighted by Crippen LogP contribution is 2.00. The van der Waals surface area contributed by atoms with Crippen LogP contribution in [0.3, 0.4) is 0 Å². The van der Waals surface area contributed by atoms with Crippen molar-refractivity contribution in [1.29, 1.82) is 0 Å². The Kier molecular flexibility index (Phi) is 2.64. The summed E-state index contributed by atoms with van der Waals surface area (Å²) in [7, 11) is 0. The van der Waals surface area contributed by atoms with E-state index in [1.807, 2.05) is 0 Å². The van der Waals surface area contributed by atoms with Crippen LogP contribution in [0.1, 0.15) is 0 Å². The zero-order valence-electron chi connectivity index (χ0n) is 5.30. The van der Waals surface area contributed by atoms with Crippen LogP contribution in [0.2, 0.25) is 0 Å². The fraction of sp³-hybridized carbons (Fsp3) is 0.800. The number of aliphatic carboxylic acids is 1. The van der Waals surface area contributed by atoms with E-state index in [0.717, 1.165) is 0 Å². The summed E-state index contributed by atoms with van der Waals surface area (Å²) in [6.45, 7) is 1.40. The first kappa shape index (κ1) is 7.97. The summed E-state index contributed by atoms with van der Waals surface area (Å²) in [6, 6.07) is 0. The second-order valence-corrected chi connectivity index (χ2v) is 3.48. The number of carboxylic acids is 1. The van der Waals surface area contributed by atoms with E-state index in [0.29, 0.717) is 17.9 Å². The van der Waals surface area contributed by atoms with Crippen LogP contribution in [0.25, 0.3) is 0 Å². The van der Waals surface area contributed by atoms with Gasteiger partial charge in [0.15, 0.2) is 6.17 Å². The maximum Gasteiger partial charge on any atom is 0.335 e. The average Bonchev–Trinajstić information content (AvgIpc) is 1.88. The zero-order chi connectivity index (χ0) is 7.56. The Balaban J connectivity index is 2.33. The number of rotatable bonds is 1. The lowest BCUT2D eigenvalue weighted by molar-refractivity contribution is -0.140. The van der Waals surface area contributed by atoms with Gasteiger partial charge in [-0.25, -0.2) is 4.79 Å². The summed E-state index contributed by atoms with van der Waals surface area (Å²) in [5.74, 6) is -0.848. The smallest absolute Gasteiger partial charge is 0.335 e. The Morgan fingerprint density at radius 2 is 2.00 bits per heavy atom. The monoisotopic (exact) mass is 208 g/mol. The first-order valence-electron chi connectivity index (χ1n) is 3.04. The number of nitrogens with one attached hydrogen (secondary N) is 2. The summed E-state index contributed by atoms with van der Waals surface area (Å²) in [5, 5.41) is 14.1. The first-order valence-corrected chi connectivity index (χ1v) is 3.95. The molecule has 1 aliphatic heterocycles. The van der Waals surface area contributed by atoms with Crippen molar-refractivity contribution >= 4 is 21.9 Å². The fourth-order valence-electron chi connectivity index (χ4n) is 0.810. The molecular formula is C5H9BrN2O2. The molecule has 0 aromatic carbocycles. The molecule has 0 atom stereocenters. The second kappa shape index (κ2) is 3.32.